The van der Waals surface area contributed by atoms with E-state index in [4.69, 9.17) is 9.26 Å². The van der Waals surface area contributed by atoms with E-state index in [9.17, 15) is 9.59 Å². The van der Waals surface area contributed by atoms with E-state index in [1.165, 1.54) is 0 Å². The first kappa shape index (κ1) is 22.4. The summed E-state index contributed by atoms with van der Waals surface area (Å²) < 4.78 is 12.9. The summed E-state index contributed by atoms with van der Waals surface area (Å²) in [6, 6.07) is 15.2. The smallest absolute Gasteiger partial charge is 0.251 e. The fourth-order valence-corrected chi connectivity index (χ4v) is 4.69. The van der Waals surface area contributed by atoms with E-state index in [2.05, 4.69) is 20.6 Å². The Bertz CT molecular complexity index is 1390. The van der Waals surface area contributed by atoms with Crippen molar-refractivity contribution in [1.29, 1.82) is 0 Å². The van der Waals surface area contributed by atoms with Gasteiger partial charge in [0, 0.05) is 35.5 Å². The first-order chi connectivity index (χ1) is 17.7. The summed E-state index contributed by atoms with van der Waals surface area (Å²) >= 11 is 0. The number of fused-ring (bicyclic) bond motifs is 1. The normalized spacial score (nSPS) is 16.7. The molecule has 36 heavy (non-hydrogen) atoms. The second-order valence-electron chi connectivity index (χ2n) is 9.21. The average molecular weight is 487 g/mol. The predicted octanol–water partition coefficient (Wildman–Crippen LogP) is 2.79. The molecule has 0 saturated carbocycles. The van der Waals surface area contributed by atoms with Crippen LogP contribution in [0.25, 0.3) is 22.3 Å². The number of rotatable bonds is 6. The summed E-state index contributed by atoms with van der Waals surface area (Å²) in [7, 11) is 0. The second kappa shape index (κ2) is 9.54. The molecule has 6 rings (SSSR count). The van der Waals surface area contributed by atoms with Crippen LogP contribution in [0.3, 0.4) is 0 Å². The van der Waals surface area contributed by atoms with Crippen LogP contribution < -0.4 is 5.32 Å². The SMILES string of the molecule is O=C(NCC(=O)N1CCC(c2nc(-c3ccc4cnn(C5COC5)c4c3)no2)CC1)c1ccccc1. The van der Waals surface area contributed by atoms with Crippen LogP contribution in [-0.4, -0.2) is 69.5 Å². The number of aromatic nitrogens is 4. The molecule has 2 amide bonds. The number of nitrogens with one attached hydrogen (secondary N) is 1. The third-order valence-corrected chi connectivity index (χ3v) is 6.90. The summed E-state index contributed by atoms with van der Waals surface area (Å²) in [6.07, 6.45) is 3.32. The minimum Gasteiger partial charge on any atom is -0.377 e. The van der Waals surface area contributed by atoms with Gasteiger partial charge in [-0.25, -0.2) is 0 Å². The monoisotopic (exact) mass is 486 g/mol. The van der Waals surface area contributed by atoms with Crippen LogP contribution in [0.5, 0.6) is 0 Å². The fraction of sp³-hybridized carbons (Fsp3) is 0.346. The van der Waals surface area contributed by atoms with E-state index in [0.717, 1.165) is 29.3 Å². The molecule has 0 spiro atoms. The van der Waals surface area contributed by atoms with Crippen LogP contribution >= 0.6 is 0 Å². The molecule has 10 nitrogen and oxygen atoms in total. The molecule has 2 aliphatic heterocycles. The number of carbonyl (C=O) groups is 2. The number of likely N-dealkylation sites (tertiary alicyclic amines) is 1. The minimum absolute atomic E-state index is 0.0187. The second-order valence-corrected chi connectivity index (χ2v) is 9.21. The highest BCUT2D eigenvalue weighted by Gasteiger charge is 2.28. The van der Waals surface area contributed by atoms with Gasteiger partial charge in [0.1, 0.15) is 0 Å². The maximum Gasteiger partial charge on any atom is 0.251 e. The average Bonchev–Trinajstić information content (AvgIpc) is 3.54. The highest BCUT2D eigenvalue weighted by Crippen LogP contribution is 2.30. The van der Waals surface area contributed by atoms with Crippen molar-refractivity contribution in [2.45, 2.75) is 24.8 Å². The van der Waals surface area contributed by atoms with E-state index in [0.29, 0.717) is 43.6 Å². The zero-order valence-electron chi connectivity index (χ0n) is 19.7. The van der Waals surface area contributed by atoms with Gasteiger partial charge in [-0.1, -0.05) is 35.5 Å². The van der Waals surface area contributed by atoms with Crippen molar-refractivity contribution in [3.05, 3.63) is 66.2 Å². The topological polar surface area (TPSA) is 115 Å². The molecule has 2 aliphatic rings. The number of hydrogen-bond acceptors (Lipinski definition) is 7. The number of piperidine rings is 1. The Morgan fingerprint density at radius 3 is 2.61 bits per heavy atom. The van der Waals surface area contributed by atoms with Gasteiger partial charge in [0.2, 0.25) is 17.6 Å². The van der Waals surface area contributed by atoms with Gasteiger partial charge < -0.3 is 19.5 Å². The lowest BCUT2D eigenvalue weighted by molar-refractivity contribution is -0.131. The summed E-state index contributed by atoms with van der Waals surface area (Å²) in [6.45, 7) is 2.49. The lowest BCUT2D eigenvalue weighted by Crippen LogP contribution is -2.43. The Morgan fingerprint density at radius 2 is 1.86 bits per heavy atom. The van der Waals surface area contributed by atoms with Crippen LogP contribution in [-0.2, 0) is 9.53 Å². The van der Waals surface area contributed by atoms with Gasteiger partial charge in [-0.2, -0.15) is 10.1 Å². The van der Waals surface area contributed by atoms with Crippen molar-refractivity contribution in [3.8, 4) is 11.4 Å². The Morgan fingerprint density at radius 1 is 1.06 bits per heavy atom. The maximum absolute atomic E-state index is 12.6. The molecule has 4 heterocycles. The number of ether oxygens (including phenoxy) is 1. The van der Waals surface area contributed by atoms with Crippen LogP contribution in [0, 0.1) is 0 Å². The van der Waals surface area contributed by atoms with Gasteiger partial charge >= 0.3 is 0 Å². The van der Waals surface area contributed by atoms with E-state index in [1.54, 1.807) is 29.2 Å². The standard InChI is InChI=1S/C26H26N6O4/c33-23(14-27-25(34)17-4-2-1-3-5-17)31-10-8-18(9-11-31)26-29-24(30-36-26)19-6-7-20-13-28-32(22(20)12-19)21-15-35-16-21/h1-7,12-13,18,21H,8-11,14-16H2,(H,27,34). The zero-order chi connectivity index (χ0) is 24.5. The number of amides is 2. The lowest BCUT2D eigenvalue weighted by atomic mass is 9.96. The van der Waals surface area contributed by atoms with Gasteiger partial charge in [0.25, 0.3) is 5.91 Å². The molecule has 0 atom stereocenters. The van der Waals surface area contributed by atoms with Crippen LogP contribution in [0.2, 0.25) is 0 Å². The van der Waals surface area contributed by atoms with Gasteiger partial charge in [-0.05, 0) is 31.0 Å². The molecule has 0 bridgehead atoms. The number of benzene rings is 2. The predicted molar refractivity (Wildman–Crippen MR) is 130 cm³/mol. The molecule has 0 unspecified atom stereocenters. The molecule has 1 N–H and O–H groups in total. The van der Waals surface area contributed by atoms with Gasteiger partial charge in [0.05, 0.1) is 37.5 Å². The van der Waals surface area contributed by atoms with E-state index < -0.39 is 0 Å². The molecule has 0 radical (unpaired) electrons. The molecule has 2 saturated heterocycles. The molecular formula is C26H26N6O4. The molecule has 10 heteroatoms. The zero-order valence-corrected chi connectivity index (χ0v) is 19.7. The lowest BCUT2D eigenvalue weighted by Gasteiger charge is -2.30. The van der Waals surface area contributed by atoms with Crippen LogP contribution in [0.15, 0.2) is 59.3 Å². The first-order valence-electron chi connectivity index (χ1n) is 12.2. The Kier molecular flexibility index (Phi) is 5.94. The quantitative estimate of drug-likeness (QED) is 0.446. The Balaban J connectivity index is 1.06. The first-order valence-corrected chi connectivity index (χ1v) is 12.2. The van der Waals surface area contributed by atoms with Gasteiger partial charge in [0.15, 0.2) is 0 Å². The van der Waals surface area contributed by atoms with Crippen molar-refractivity contribution in [1.82, 2.24) is 30.1 Å². The molecule has 2 fully saturated rings. The fourth-order valence-electron chi connectivity index (χ4n) is 4.69. The van der Waals surface area contributed by atoms with Crippen LogP contribution in [0.1, 0.15) is 41.1 Å². The molecule has 2 aromatic heterocycles. The van der Waals surface area contributed by atoms with Crippen molar-refractivity contribution in [3.63, 3.8) is 0 Å². The van der Waals surface area contributed by atoms with Gasteiger partial charge in [-0.15, -0.1) is 0 Å². The van der Waals surface area contributed by atoms with E-state index >= 15 is 0 Å². The summed E-state index contributed by atoms with van der Waals surface area (Å²) in [4.78, 5) is 31.2. The molecule has 0 aliphatic carbocycles. The molecule has 4 aromatic rings. The number of nitrogens with zero attached hydrogens (tertiary/aromatic N) is 5. The summed E-state index contributed by atoms with van der Waals surface area (Å²) in [5.41, 5.74) is 2.44. The largest absolute Gasteiger partial charge is 0.377 e. The Labute approximate surface area is 207 Å². The highest BCUT2D eigenvalue weighted by molar-refractivity contribution is 5.96. The third kappa shape index (κ3) is 4.35. The molecular weight excluding hydrogens is 460 g/mol. The number of hydrogen-bond donors (Lipinski definition) is 1. The third-order valence-electron chi connectivity index (χ3n) is 6.90. The van der Waals surface area contributed by atoms with Crippen molar-refractivity contribution >= 4 is 22.7 Å². The molecule has 184 valence electrons. The van der Waals surface area contributed by atoms with Crippen molar-refractivity contribution < 1.29 is 18.8 Å². The maximum atomic E-state index is 12.6. The number of carbonyl (C=O) groups excluding carboxylic acids is 2. The van der Waals surface area contributed by atoms with Gasteiger partial charge in [-0.3, -0.25) is 14.3 Å². The summed E-state index contributed by atoms with van der Waals surface area (Å²) in [5.74, 6) is 0.892. The Hall–Kier alpha value is -4.05. The minimum atomic E-state index is -0.250. The molecule has 2 aromatic carbocycles. The van der Waals surface area contributed by atoms with Crippen molar-refractivity contribution in [2.75, 3.05) is 32.8 Å². The van der Waals surface area contributed by atoms with Crippen LogP contribution in [0.4, 0.5) is 0 Å². The van der Waals surface area contributed by atoms with E-state index in [1.807, 2.05) is 35.1 Å². The van der Waals surface area contributed by atoms with E-state index in [-0.39, 0.29) is 30.3 Å². The van der Waals surface area contributed by atoms with Crippen molar-refractivity contribution in [2.24, 2.45) is 0 Å². The highest BCUT2D eigenvalue weighted by atomic mass is 16.5. The summed E-state index contributed by atoms with van der Waals surface area (Å²) in [5, 5.41) is 12.5.